The molecule has 0 spiro atoms. The fourth-order valence-corrected chi connectivity index (χ4v) is 7.32. The molecular weight excluding hydrogens is 618 g/mol. The summed E-state index contributed by atoms with van der Waals surface area (Å²) in [7, 11) is -4.23. The van der Waals surface area contributed by atoms with Crippen LogP contribution < -0.4 is 14.4 Å². The monoisotopic (exact) mass is 657 g/mol. The van der Waals surface area contributed by atoms with Crippen molar-refractivity contribution in [1.29, 1.82) is 0 Å². The third-order valence-corrected chi connectivity index (χ3v) is 10.7. The minimum Gasteiger partial charge on any atom is -0.492 e. The van der Waals surface area contributed by atoms with Gasteiger partial charge in [-0.2, -0.15) is 0 Å². The number of ether oxygens (including phenoxy) is 1. The maximum absolute atomic E-state index is 14.3. The maximum atomic E-state index is 14.3. The highest BCUT2D eigenvalue weighted by Gasteiger charge is 2.34. The van der Waals surface area contributed by atoms with E-state index in [0.717, 1.165) is 41.3 Å². The van der Waals surface area contributed by atoms with Gasteiger partial charge in [0.05, 0.1) is 17.2 Å². The van der Waals surface area contributed by atoms with Crippen LogP contribution in [0.4, 0.5) is 5.69 Å². The molecule has 0 radical (unpaired) electrons. The van der Waals surface area contributed by atoms with Crippen molar-refractivity contribution in [3.63, 3.8) is 0 Å². The predicted molar refractivity (Wildman–Crippen MR) is 177 cm³/mol. The van der Waals surface area contributed by atoms with Crippen LogP contribution in [0.3, 0.4) is 0 Å². The molecule has 4 rings (SSSR count). The van der Waals surface area contributed by atoms with Gasteiger partial charge >= 0.3 is 0 Å². The van der Waals surface area contributed by atoms with Crippen LogP contribution in [0.2, 0.25) is 5.02 Å². The van der Waals surface area contributed by atoms with Gasteiger partial charge in [-0.25, -0.2) is 8.42 Å². The first kappa shape index (κ1) is 33.7. The Balaban J connectivity index is 1.72. The van der Waals surface area contributed by atoms with Crippen LogP contribution >= 0.6 is 23.4 Å². The maximum Gasteiger partial charge on any atom is 0.264 e. The molecule has 44 heavy (non-hydrogen) atoms. The molecule has 11 heteroatoms. The van der Waals surface area contributed by atoms with Crippen LogP contribution in [0, 0.1) is 0 Å². The van der Waals surface area contributed by atoms with Crippen molar-refractivity contribution in [2.75, 3.05) is 23.7 Å². The molecule has 2 amide bonds. The fraction of sp³-hybridized carbons (Fsp3) is 0.394. The number of nitrogens with zero attached hydrogens (tertiary/aromatic N) is 2. The van der Waals surface area contributed by atoms with E-state index in [0.29, 0.717) is 22.9 Å². The zero-order valence-electron chi connectivity index (χ0n) is 25.4. The number of thioether (sulfide) groups is 1. The SMILES string of the molecule is CCOc1ccccc1N(CC(=O)N(Cc1ccccc1Cl)[C@@H](C)C(=O)NC1CCCCC1)S(=O)(=O)c1ccc(SC)cc1. The van der Waals surface area contributed by atoms with Crippen molar-refractivity contribution in [2.24, 2.45) is 0 Å². The fourth-order valence-electron chi connectivity index (χ4n) is 5.29. The lowest BCUT2D eigenvalue weighted by Crippen LogP contribution is -2.53. The molecular formula is C33H40ClN3O5S2. The number of sulfonamides is 1. The van der Waals surface area contributed by atoms with Crippen molar-refractivity contribution in [2.45, 2.75) is 74.4 Å². The average molecular weight is 658 g/mol. The molecule has 8 nitrogen and oxygen atoms in total. The number of hydrogen-bond acceptors (Lipinski definition) is 6. The quantitative estimate of drug-likeness (QED) is 0.210. The highest BCUT2D eigenvalue weighted by atomic mass is 35.5. The van der Waals surface area contributed by atoms with E-state index in [1.54, 1.807) is 68.4 Å². The summed E-state index contributed by atoms with van der Waals surface area (Å²) in [6.07, 6.45) is 6.94. The van der Waals surface area contributed by atoms with Crippen molar-refractivity contribution < 1.29 is 22.7 Å². The molecule has 1 aliphatic rings. The van der Waals surface area contributed by atoms with E-state index in [4.69, 9.17) is 16.3 Å². The molecule has 3 aromatic carbocycles. The Morgan fingerprint density at radius 1 is 1.00 bits per heavy atom. The van der Waals surface area contributed by atoms with Crippen LogP contribution in [-0.4, -0.2) is 56.6 Å². The molecule has 1 N–H and O–H groups in total. The van der Waals surface area contributed by atoms with Gasteiger partial charge in [0.2, 0.25) is 11.8 Å². The van der Waals surface area contributed by atoms with Crippen molar-refractivity contribution in [1.82, 2.24) is 10.2 Å². The number of anilines is 1. The van der Waals surface area contributed by atoms with E-state index in [1.165, 1.54) is 28.8 Å². The normalized spacial score (nSPS) is 14.5. The smallest absolute Gasteiger partial charge is 0.264 e. The Morgan fingerprint density at radius 2 is 1.66 bits per heavy atom. The Kier molecular flexibility index (Phi) is 12.0. The molecule has 0 aliphatic heterocycles. The third kappa shape index (κ3) is 8.28. The van der Waals surface area contributed by atoms with Crippen LogP contribution in [0.15, 0.2) is 82.6 Å². The van der Waals surface area contributed by atoms with Crippen LogP contribution in [0.1, 0.15) is 51.5 Å². The molecule has 0 aromatic heterocycles. The third-order valence-electron chi connectivity index (χ3n) is 7.78. The Labute approximate surface area is 270 Å². The zero-order valence-corrected chi connectivity index (χ0v) is 27.8. The first-order valence-corrected chi connectivity index (χ1v) is 17.9. The van der Waals surface area contributed by atoms with Crippen molar-refractivity contribution in [3.8, 4) is 5.75 Å². The Bertz CT molecular complexity index is 1530. The summed E-state index contributed by atoms with van der Waals surface area (Å²) in [5.41, 5.74) is 0.880. The number of amides is 2. The van der Waals surface area contributed by atoms with E-state index in [-0.39, 0.29) is 29.1 Å². The van der Waals surface area contributed by atoms with Gasteiger partial charge < -0.3 is 15.0 Å². The van der Waals surface area contributed by atoms with Gasteiger partial charge in [0.15, 0.2) is 0 Å². The molecule has 0 unspecified atom stereocenters. The number of rotatable bonds is 13. The molecule has 236 valence electrons. The van der Waals surface area contributed by atoms with E-state index in [1.807, 2.05) is 12.3 Å². The number of halogens is 1. The van der Waals surface area contributed by atoms with Gasteiger partial charge in [-0.05, 0) is 81.0 Å². The van der Waals surface area contributed by atoms with Gasteiger partial charge in [0.1, 0.15) is 18.3 Å². The number of carbonyl (C=O) groups excluding carboxylic acids is 2. The molecule has 3 aromatic rings. The molecule has 0 bridgehead atoms. The zero-order chi connectivity index (χ0) is 31.7. The topological polar surface area (TPSA) is 96.0 Å². The van der Waals surface area contributed by atoms with Crippen LogP contribution in [0.5, 0.6) is 5.75 Å². The second-order valence-corrected chi connectivity index (χ2v) is 13.9. The molecule has 0 heterocycles. The second-order valence-electron chi connectivity index (χ2n) is 10.7. The highest BCUT2D eigenvalue weighted by molar-refractivity contribution is 7.98. The summed E-state index contributed by atoms with van der Waals surface area (Å²) < 4.78 is 35.3. The number of benzene rings is 3. The summed E-state index contributed by atoms with van der Waals surface area (Å²) in [5.74, 6) is -0.506. The summed E-state index contributed by atoms with van der Waals surface area (Å²) in [4.78, 5) is 30.1. The van der Waals surface area contributed by atoms with E-state index in [2.05, 4.69) is 5.32 Å². The largest absolute Gasteiger partial charge is 0.492 e. The van der Waals surface area contributed by atoms with E-state index < -0.39 is 28.5 Å². The standard InChI is InChI=1S/C33H40ClN3O5S2/c1-4-42-31-17-11-10-16-30(31)37(44(40,41)28-20-18-27(43-3)19-21-28)23-32(38)36(22-25-12-8-9-15-29(25)34)24(2)33(39)35-26-13-6-5-7-14-26/h8-12,15-21,24,26H,4-7,13-14,22-23H2,1-3H3,(H,35,39)/t24-/m0/s1. The summed E-state index contributed by atoms with van der Waals surface area (Å²) in [6, 6.07) is 19.5. The summed E-state index contributed by atoms with van der Waals surface area (Å²) in [5, 5.41) is 3.56. The van der Waals surface area contributed by atoms with Crippen molar-refractivity contribution in [3.05, 3.63) is 83.4 Å². The predicted octanol–water partition coefficient (Wildman–Crippen LogP) is 6.52. The lowest BCUT2D eigenvalue weighted by atomic mass is 9.95. The van der Waals surface area contributed by atoms with Gasteiger partial charge in [-0.15, -0.1) is 11.8 Å². The second kappa shape index (κ2) is 15.7. The lowest BCUT2D eigenvalue weighted by molar-refractivity contribution is -0.139. The molecule has 1 atom stereocenters. The van der Waals surface area contributed by atoms with Crippen LogP contribution in [-0.2, 0) is 26.2 Å². The van der Waals surface area contributed by atoms with E-state index >= 15 is 0 Å². The molecule has 1 aliphatic carbocycles. The number of hydrogen-bond donors (Lipinski definition) is 1. The lowest BCUT2D eigenvalue weighted by Gasteiger charge is -2.33. The molecule has 1 fully saturated rings. The minimum atomic E-state index is -4.23. The van der Waals surface area contributed by atoms with Crippen molar-refractivity contribution >= 4 is 50.9 Å². The number of nitrogens with one attached hydrogen (secondary N) is 1. The number of carbonyl (C=O) groups is 2. The first-order valence-electron chi connectivity index (χ1n) is 14.9. The minimum absolute atomic E-state index is 0.0289. The molecule has 0 saturated heterocycles. The Hall–Kier alpha value is -3.21. The average Bonchev–Trinajstić information content (AvgIpc) is 3.03. The van der Waals surface area contributed by atoms with E-state index in [9.17, 15) is 18.0 Å². The Morgan fingerprint density at radius 3 is 2.32 bits per heavy atom. The highest BCUT2D eigenvalue weighted by Crippen LogP contribution is 2.33. The van der Waals surface area contributed by atoms with Crippen LogP contribution in [0.25, 0.3) is 0 Å². The van der Waals surface area contributed by atoms with Gasteiger partial charge in [0.25, 0.3) is 10.0 Å². The van der Waals surface area contributed by atoms with Gasteiger partial charge in [-0.1, -0.05) is 61.2 Å². The molecule has 1 saturated carbocycles. The van der Waals surface area contributed by atoms with Gasteiger partial charge in [0, 0.05) is 22.5 Å². The summed E-state index contributed by atoms with van der Waals surface area (Å²) >= 11 is 7.98. The van der Waals surface area contributed by atoms with Gasteiger partial charge in [-0.3, -0.25) is 13.9 Å². The summed E-state index contributed by atoms with van der Waals surface area (Å²) in [6.45, 7) is 3.25. The first-order chi connectivity index (χ1) is 21.1. The number of para-hydroxylation sites is 2.